The van der Waals surface area contributed by atoms with Gasteiger partial charge in [0.2, 0.25) is 0 Å². The summed E-state index contributed by atoms with van der Waals surface area (Å²) in [4.78, 5) is 10.9. The molecule has 0 aromatic rings. The third-order valence-electron chi connectivity index (χ3n) is 5.13. The number of carbonyl (C=O) groups is 1. The maximum atomic E-state index is 10.9. The van der Waals surface area contributed by atoms with Gasteiger partial charge in [-0.1, -0.05) is 6.92 Å². The molecule has 4 atom stereocenters. The lowest BCUT2D eigenvalue weighted by Gasteiger charge is -2.38. The number of hydrogen-bond acceptors (Lipinski definition) is 2. The molecule has 1 aliphatic heterocycles. The molecule has 1 saturated heterocycles. The first-order chi connectivity index (χ1) is 6.60. The van der Waals surface area contributed by atoms with Crippen molar-refractivity contribution in [1.29, 1.82) is 0 Å². The Morgan fingerprint density at radius 1 is 1.57 bits per heavy atom. The van der Waals surface area contributed by atoms with Gasteiger partial charge >= 0.3 is 5.97 Å². The lowest BCUT2D eigenvalue weighted by atomic mass is 9.66. The second kappa shape index (κ2) is 2.32. The minimum Gasteiger partial charge on any atom is -0.480 e. The summed E-state index contributed by atoms with van der Waals surface area (Å²) >= 11 is 0. The van der Waals surface area contributed by atoms with Crippen LogP contribution in [-0.4, -0.2) is 23.7 Å². The van der Waals surface area contributed by atoms with E-state index in [9.17, 15) is 4.79 Å². The van der Waals surface area contributed by atoms with E-state index < -0.39 is 5.97 Å². The first kappa shape index (κ1) is 8.72. The fraction of sp³-hybridized carbons (Fsp3) is 0.909. The van der Waals surface area contributed by atoms with Crippen molar-refractivity contribution in [3.05, 3.63) is 0 Å². The summed E-state index contributed by atoms with van der Waals surface area (Å²) < 4.78 is 0. The zero-order valence-corrected chi connectivity index (χ0v) is 8.55. The molecule has 0 bridgehead atoms. The van der Waals surface area contributed by atoms with Gasteiger partial charge in [-0.05, 0) is 42.4 Å². The Morgan fingerprint density at radius 3 is 2.71 bits per heavy atom. The third-order valence-corrected chi connectivity index (χ3v) is 5.13. The van der Waals surface area contributed by atoms with Crippen LogP contribution in [0, 0.1) is 16.7 Å². The molecule has 3 heteroatoms. The Kier molecular flexibility index (Phi) is 1.45. The highest BCUT2D eigenvalue weighted by Gasteiger charge is 2.74. The molecular formula is C11H17NO2. The predicted molar refractivity (Wildman–Crippen MR) is 51.9 cm³/mol. The Bertz CT molecular complexity index is 304. The molecule has 3 rings (SSSR count). The van der Waals surface area contributed by atoms with Crippen LogP contribution in [0.15, 0.2) is 0 Å². The topological polar surface area (TPSA) is 49.3 Å². The Labute approximate surface area is 83.9 Å². The zero-order chi connectivity index (χ0) is 9.97. The molecule has 2 spiro atoms. The van der Waals surface area contributed by atoms with Gasteiger partial charge in [0.1, 0.15) is 6.04 Å². The second-order valence-corrected chi connectivity index (χ2v) is 5.53. The number of rotatable bonds is 1. The van der Waals surface area contributed by atoms with Crippen LogP contribution in [0.25, 0.3) is 0 Å². The molecule has 2 N–H and O–H groups in total. The van der Waals surface area contributed by atoms with E-state index in [-0.39, 0.29) is 6.04 Å². The van der Waals surface area contributed by atoms with Gasteiger partial charge in [-0.25, -0.2) is 0 Å². The van der Waals surface area contributed by atoms with Gasteiger partial charge in [0, 0.05) is 6.54 Å². The fourth-order valence-electron chi connectivity index (χ4n) is 3.93. The standard InChI is InChI=1S/C11H17NO2/c1-7-2-3-11(7)5-10(11)4-8(9(13)14)12-6-10/h7-8,12H,2-6H2,1H3,(H,13,14). The lowest BCUT2D eigenvalue weighted by Crippen LogP contribution is -2.32. The van der Waals surface area contributed by atoms with Crippen molar-refractivity contribution in [1.82, 2.24) is 5.32 Å². The first-order valence-corrected chi connectivity index (χ1v) is 5.56. The van der Waals surface area contributed by atoms with Gasteiger partial charge in [0.05, 0.1) is 0 Å². The fourth-order valence-corrected chi connectivity index (χ4v) is 3.93. The van der Waals surface area contributed by atoms with Crippen molar-refractivity contribution in [2.75, 3.05) is 6.54 Å². The van der Waals surface area contributed by atoms with E-state index in [0.717, 1.165) is 18.9 Å². The number of carboxylic acid groups (broad SMARTS) is 1. The predicted octanol–water partition coefficient (Wildman–Crippen LogP) is 1.24. The number of nitrogens with one attached hydrogen (secondary N) is 1. The van der Waals surface area contributed by atoms with E-state index in [1.807, 2.05) is 0 Å². The molecule has 3 aliphatic rings. The monoisotopic (exact) mass is 195 g/mol. The first-order valence-electron chi connectivity index (χ1n) is 5.56. The Balaban J connectivity index is 1.75. The van der Waals surface area contributed by atoms with Gasteiger partial charge in [-0.2, -0.15) is 0 Å². The maximum absolute atomic E-state index is 10.9. The highest BCUT2D eigenvalue weighted by molar-refractivity contribution is 5.74. The van der Waals surface area contributed by atoms with E-state index >= 15 is 0 Å². The molecule has 1 heterocycles. The van der Waals surface area contributed by atoms with E-state index in [1.54, 1.807) is 0 Å². The second-order valence-electron chi connectivity index (χ2n) is 5.53. The number of hydrogen-bond donors (Lipinski definition) is 2. The molecule has 78 valence electrons. The number of carboxylic acids is 1. The largest absolute Gasteiger partial charge is 0.480 e. The molecule has 0 radical (unpaired) electrons. The minimum absolute atomic E-state index is 0.276. The molecule has 3 nitrogen and oxygen atoms in total. The van der Waals surface area contributed by atoms with Crippen LogP contribution in [0.1, 0.15) is 32.6 Å². The molecule has 4 unspecified atom stereocenters. The normalized spacial score (nSPS) is 54.9. The van der Waals surface area contributed by atoms with Crippen LogP contribution in [0.3, 0.4) is 0 Å². The summed E-state index contributed by atoms with van der Waals surface area (Å²) in [5, 5.41) is 12.1. The molecule has 2 aliphatic carbocycles. The van der Waals surface area contributed by atoms with Gasteiger partial charge < -0.3 is 10.4 Å². The average molecular weight is 195 g/mol. The molecule has 2 saturated carbocycles. The van der Waals surface area contributed by atoms with E-state index in [2.05, 4.69) is 12.2 Å². The Hall–Kier alpha value is -0.570. The molecule has 3 fully saturated rings. The third kappa shape index (κ3) is 0.800. The van der Waals surface area contributed by atoms with Gasteiger partial charge in [-0.15, -0.1) is 0 Å². The van der Waals surface area contributed by atoms with E-state index in [1.165, 1.54) is 19.3 Å². The highest BCUT2D eigenvalue weighted by atomic mass is 16.4. The quantitative estimate of drug-likeness (QED) is 0.662. The molecular weight excluding hydrogens is 178 g/mol. The molecule has 0 aromatic heterocycles. The number of aliphatic carboxylic acids is 1. The smallest absolute Gasteiger partial charge is 0.320 e. The van der Waals surface area contributed by atoms with Crippen molar-refractivity contribution in [2.45, 2.75) is 38.6 Å². The summed E-state index contributed by atoms with van der Waals surface area (Å²) in [5.41, 5.74) is 0.915. The lowest BCUT2D eigenvalue weighted by molar-refractivity contribution is -0.139. The van der Waals surface area contributed by atoms with Crippen LogP contribution in [0.4, 0.5) is 0 Å². The van der Waals surface area contributed by atoms with Crippen molar-refractivity contribution < 1.29 is 9.90 Å². The zero-order valence-electron chi connectivity index (χ0n) is 8.55. The van der Waals surface area contributed by atoms with Crippen molar-refractivity contribution in [2.24, 2.45) is 16.7 Å². The highest BCUT2D eigenvalue weighted by Crippen LogP contribution is 2.78. The Morgan fingerprint density at radius 2 is 2.36 bits per heavy atom. The number of fused-ring (bicyclic) bond motifs is 1. The summed E-state index contributed by atoms with van der Waals surface area (Å²) in [7, 11) is 0. The van der Waals surface area contributed by atoms with Crippen LogP contribution >= 0.6 is 0 Å². The average Bonchev–Trinajstić information content (AvgIpc) is 2.60. The summed E-state index contributed by atoms with van der Waals surface area (Å²) in [6.45, 7) is 3.26. The minimum atomic E-state index is -0.670. The van der Waals surface area contributed by atoms with E-state index in [4.69, 9.17) is 5.11 Å². The van der Waals surface area contributed by atoms with Crippen molar-refractivity contribution in [3.63, 3.8) is 0 Å². The van der Waals surface area contributed by atoms with Gasteiger partial charge in [-0.3, -0.25) is 4.79 Å². The van der Waals surface area contributed by atoms with Crippen LogP contribution < -0.4 is 5.32 Å². The van der Waals surface area contributed by atoms with Gasteiger partial charge in [0.15, 0.2) is 0 Å². The van der Waals surface area contributed by atoms with Crippen LogP contribution in [-0.2, 0) is 4.79 Å². The van der Waals surface area contributed by atoms with E-state index in [0.29, 0.717) is 10.8 Å². The molecule has 0 aromatic carbocycles. The summed E-state index contributed by atoms with van der Waals surface area (Å²) in [6.07, 6.45) is 4.83. The summed E-state index contributed by atoms with van der Waals surface area (Å²) in [5.74, 6) is 0.160. The SMILES string of the molecule is CC1CCC12CC21CNC(C(=O)O)C1. The molecule has 14 heavy (non-hydrogen) atoms. The van der Waals surface area contributed by atoms with Crippen LogP contribution in [0.2, 0.25) is 0 Å². The van der Waals surface area contributed by atoms with Gasteiger partial charge in [0.25, 0.3) is 0 Å². The summed E-state index contributed by atoms with van der Waals surface area (Å²) in [6, 6.07) is -0.276. The van der Waals surface area contributed by atoms with Crippen LogP contribution in [0.5, 0.6) is 0 Å². The van der Waals surface area contributed by atoms with Crippen molar-refractivity contribution in [3.8, 4) is 0 Å². The maximum Gasteiger partial charge on any atom is 0.320 e. The van der Waals surface area contributed by atoms with Crippen molar-refractivity contribution >= 4 is 5.97 Å². The molecule has 0 amide bonds.